The molecule has 1 aromatic carbocycles. The maximum atomic E-state index is 13.2. The first-order valence-corrected chi connectivity index (χ1v) is 12.2. The van der Waals surface area contributed by atoms with E-state index in [0.717, 1.165) is 5.56 Å². The normalized spacial score (nSPS) is 18.3. The number of piperazine rings is 1. The van der Waals surface area contributed by atoms with Gasteiger partial charge in [0.05, 0.1) is 36.6 Å². The molecule has 3 heterocycles. The molecule has 2 aromatic rings. The number of fused-ring (bicyclic) bond motifs is 1. The van der Waals surface area contributed by atoms with E-state index in [1.165, 1.54) is 18.6 Å². The van der Waals surface area contributed by atoms with Gasteiger partial charge in [-0.15, -0.1) is 0 Å². The van der Waals surface area contributed by atoms with Crippen molar-refractivity contribution in [3.63, 3.8) is 0 Å². The van der Waals surface area contributed by atoms with Crippen molar-refractivity contribution >= 4 is 23.4 Å². The van der Waals surface area contributed by atoms with Crippen LogP contribution in [0.2, 0.25) is 0 Å². The van der Waals surface area contributed by atoms with Crippen LogP contribution in [0.15, 0.2) is 48.6 Å². The zero-order valence-corrected chi connectivity index (χ0v) is 21.6. The fraction of sp³-hybridized carbons (Fsp3) is 0.385. The van der Waals surface area contributed by atoms with Crippen LogP contribution < -0.4 is 16.1 Å². The molecule has 0 bridgehead atoms. The van der Waals surface area contributed by atoms with Gasteiger partial charge >= 0.3 is 0 Å². The van der Waals surface area contributed by atoms with Crippen LogP contribution in [0.1, 0.15) is 62.3 Å². The highest BCUT2D eigenvalue weighted by molar-refractivity contribution is 5.96. The fourth-order valence-corrected chi connectivity index (χ4v) is 3.93. The van der Waals surface area contributed by atoms with Crippen molar-refractivity contribution in [3.05, 3.63) is 65.4 Å². The molecule has 2 unspecified atom stereocenters. The Morgan fingerprint density at radius 1 is 1.27 bits per heavy atom. The quantitative estimate of drug-likeness (QED) is 0.544. The van der Waals surface area contributed by atoms with Crippen LogP contribution in [-0.4, -0.2) is 56.9 Å². The maximum absolute atomic E-state index is 13.2. The first kappa shape index (κ1) is 27.3. The molecule has 11 heteroatoms. The number of hydrogen-bond donors (Lipinski definition) is 3. The number of carbonyl (C=O) groups is 3. The molecule has 0 aliphatic carbocycles. The van der Waals surface area contributed by atoms with E-state index < -0.39 is 5.91 Å². The molecule has 0 saturated carbocycles. The van der Waals surface area contributed by atoms with Gasteiger partial charge in [-0.3, -0.25) is 24.4 Å². The van der Waals surface area contributed by atoms with Gasteiger partial charge in [-0.25, -0.2) is 10.4 Å². The van der Waals surface area contributed by atoms with Crippen LogP contribution in [0.25, 0.3) is 0 Å². The second-order valence-corrected chi connectivity index (χ2v) is 8.72. The predicted octanol–water partition coefficient (Wildman–Crippen LogP) is 2.33. The number of nitrogens with one attached hydrogen (secondary N) is 3. The summed E-state index contributed by atoms with van der Waals surface area (Å²) in [6.45, 7) is 9.96. The molecule has 0 radical (unpaired) electrons. The van der Waals surface area contributed by atoms with E-state index in [4.69, 9.17) is 0 Å². The molecule has 4 rings (SSSR count). The second kappa shape index (κ2) is 12.1. The van der Waals surface area contributed by atoms with Crippen molar-refractivity contribution in [2.75, 3.05) is 18.5 Å². The summed E-state index contributed by atoms with van der Waals surface area (Å²) in [7, 11) is 0. The molecule has 0 spiro atoms. The molecule has 1 saturated heterocycles. The topological polar surface area (TPSA) is 143 Å². The number of anilines is 1. The lowest BCUT2D eigenvalue weighted by Gasteiger charge is -2.39. The van der Waals surface area contributed by atoms with Crippen molar-refractivity contribution in [1.29, 1.82) is 5.26 Å². The van der Waals surface area contributed by atoms with Crippen molar-refractivity contribution in [2.45, 2.75) is 46.7 Å². The molecular weight excluding hydrogens is 472 g/mol. The Kier molecular flexibility index (Phi) is 8.92. The van der Waals surface area contributed by atoms with Crippen molar-refractivity contribution in [2.24, 2.45) is 5.92 Å². The van der Waals surface area contributed by atoms with E-state index in [1.54, 1.807) is 48.0 Å². The molecule has 37 heavy (non-hydrogen) atoms. The summed E-state index contributed by atoms with van der Waals surface area (Å²) < 4.78 is 0. The molecule has 1 fully saturated rings. The van der Waals surface area contributed by atoms with Crippen LogP contribution in [0.3, 0.4) is 0 Å². The van der Waals surface area contributed by atoms with Crippen LogP contribution in [0.5, 0.6) is 0 Å². The Labute approximate surface area is 216 Å². The largest absolute Gasteiger partial charge is 0.333 e. The molecule has 1 aromatic heterocycles. The fourth-order valence-electron chi connectivity index (χ4n) is 3.93. The maximum Gasteiger partial charge on any atom is 0.272 e. The van der Waals surface area contributed by atoms with E-state index >= 15 is 0 Å². The third-order valence-electron chi connectivity index (χ3n) is 5.82. The summed E-state index contributed by atoms with van der Waals surface area (Å²) in [4.78, 5) is 47.3. The Morgan fingerprint density at radius 3 is 2.68 bits per heavy atom. The molecule has 11 nitrogen and oxygen atoms in total. The van der Waals surface area contributed by atoms with Gasteiger partial charge in [0.2, 0.25) is 5.91 Å². The molecule has 3 amide bonds. The molecule has 2 aliphatic heterocycles. The first-order chi connectivity index (χ1) is 17.8. The van der Waals surface area contributed by atoms with E-state index in [2.05, 4.69) is 32.1 Å². The van der Waals surface area contributed by atoms with E-state index in [1.807, 2.05) is 20.8 Å². The first-order valence-electron chi connectivity index (χ1n) is 12.2. The molecular formula is C26H32N8O3. The smallest absolute Gasteiger partial charge is 0.272 e. The minimum Gasteiger partial charge on any atom is -0.333 e. The standard InChI is InChI=1S/C24H26N8O3.C2H6/c1-14(2)22(33)29-18-8-16(10-25)4-5-17(18)19-9-21-24(35)31(12-15(3)32(21)30-19)13-28-23(34)20-11-26-6-7-27-20;1-2/h4-9,11,14-15,19,30H,12-13H2,1-3H3,(H,28,34)(H,29,33);1-2H3. The number of hydrogen-bond acceptors (Lipinski definition) is 8. The highest BCUT2D eigenvalue weighted by Gasteiger charge is 2.39. The minimum absolute atomic E-state index is 0.0288. The van der Waals surface area contributed by atoms with Crippen molar-refractivity contribution in [1.82, 2.24) is 30.6 Å². The molecule has 3 N–H and O–H groups in total. The van der Waals surface area contributed by atoms with E-state index in [9.17, 15) is 19.6 Å². The summed E-state index contributed by atoms with van der Waals surface area (Å²) >= 11 is 0. The van der Waals surface area contributed by atoms with Crippen LogP contribution in [0, 0.1) is 17.2 Å². The number of benzene rings is 1. The zero-order chi connectivity index (χ0) is 27.1. The van der Waals surface area contributed by atoms with Gasteiger partial charge in [0, 0.05) is 30.5 Å². The monoisotopic (exact) mass is 504 g/mol. The lowest BCUT2D eigenvalue weighted by atomic mass is 10.0. The number of nitriles is 1. The van der Waals surface area contributed by atoms with Crippen molar-refractivity contribution in [3.8, 4) is 6.07 Å². The van der Waals surface area contributed by atoms with Gasteiger partial charge in [-0.2, -0.15) is 5.26 Å². The molecule has 2 aliphatic rings. The van der Waals surface area contributed by atoms with Gasteiger partial charge in [-0.1, -0.05) is 33.8 Å². The number of carbonyl (C=O) groups excluding carboxylic acids is 3. The van der Waals surface area contributed by atoms with Gasteiger partial charge in [-0.05, 0) is 30.7 Å². The van der Waals surface area contributed by atoms with Gasteiger partial charge in [0.25, 0.3) is 11.8 Å². The third-order valence-corrected chi connectivity index (χ3v) is 5.82. The summed E-state index contributed by atoms with van der Waals surface area (Å²) in [6.07, 6.45) is 6.06. The average molecular weight is 505 g/mol. The van der Waals surface area contributed by atoms with Crippen LogP contribution in [-0.2, 0) is 9.59 Å². The molecule has 2 atom stereocenters. The lowest BCUT2D eigenvalue weighted by Crippen LogP contribution is -2.57. The minimum atomic E-state index is -0.416. The number of hydrazine groups is 1. The number of amides is 3. The summed E-state index contributed by atoms with van der Waals surface area (Å²) in [5.41, 5.74) is 5.64. The van der Waals surface area contributed by atoms with Gasteiger partial charge < -0.3 is 15.5 Å². The predicted molar refractivity (Wildman–Crippen MR) is 137 cm³/mol. The summed E-state index contributed by atoms with van der Waals surface area (Å²) in [6, 6.07) is 6.71. The average Bonchev–Trinajstić information content (AvgIpc) is 3.37. The second-order valence-electron chi connectivity index (χ2n) is 8.72. The summed E-state index contributed by atoms with van der Waals surface area (Å²) in [5, 5.41) is 16.7. The Balaban J connectivity index is 0.00000186. The molecule has 194 valence electrons. The number of aromatic nitrogens is 2. The van der Waals surface area contributed by atoms with Gasteiger partial charge in [0.1, 0.15) is 11.4 Å². The van der Waals surface area contributed by atoms with E-state index in [-0.39, 0.29) is 42.2 Å². The lowest BCUT2D eigenvalue weighted by molar-refractivity contribution is -0.134. The zero-order valence-electron chi connectivity index (χ0n) is 21.6. The highest BCUT2D eigenvalue weighted by atomic mass is 16.2. The van der Waals surface area contributed by atoms with Gasteiger partial charge in [0.15, 0.2) is 0 Å². The van der Waals surface area contributed by atoms with Crippen LogP contribution >= 0.6 is 0 Å². The van der Waals surface area contributed by atoms with Crippen molar-refractivity contribution < 1.29 is 14.4 Å². The Hall–Kier alpha value is -4.30. The third kappa shape index (κ3) is 6.10. The van der Waals surface area contributed by atoms with Crippen LogP contribution in [0.4, 0.5) is 5.69 Å². The Morgan fingerprint density at radius 2 is 2.03 bits per heavy atom. The summed E-state index contributed by atoms with van der Waals surface area (Å²) in [5.74, 6) is -1.05. The SMILES string of the molecule is CC.CC(C)C(=O)Nc1cc(C#N)ccc1C1C=C2C(=O)N(CNC(=O)c3cnccn3)CC(C)N2N1. The number of rotatable bonds is 6. The highest BCUT2D eigenvalue weighted by Crippen LogP contribution is 2.34. The van der Waals surface area contributed by atoms with E-state index in [0.29, 0.717) is 23.5 Å². The Bertz CT molecular complexity index is 1220. The number of nitrogens with zero attached hydrogens (tertiary/aromatic N) is 5.